The second kappa shape index (κ2) is 7.59. The summed E-state index contributed by atoms with van der Waals surface area (Å²) in [4.78, 5) is 31.3. The van der Waals surface area contributed by atoms with Crippen LogP contribution in [-0.4, -0.2) is 53.2 Å². The van der Waals surface area contributed by atoms with Gasteiger partial charge >= 0.3 is 12.1 Å². The van der Waals surface area contributed by atoms with Crippen molar-refractivity contribution in [2.24, 2.45) is 0 Å². The third kappa shape index (κ3) is 3.75. The summed E-state index contributed by atoms with van der Waals surface area (Å²) in [6.07, 6.45) is -0.341. The van der Waals surface area contributed by atoms with Gasteiger partial charge in [-0.1, -0.05) is 30.3 Å². The van der Waals surface area contributed by atoms with Crippen LogP contribution in [0.5, 0.6) is 0 Å². The molecule has 1 aliphatic heterocycles. The van der Waals surface area contributed by atoms with Crippen molar-refractivity contribution in [1.29, 1.82) is 0 Å². The van der Waals surface area contributed by atoms with Crippen molar-refractivity contribution in [2.75, 3.05) is 31.1 Å². The number of aromatic carboxylic acids is 1. The van der Waals surface area contributed by atoms with Crippen LogP contribution < -0.4 is 4.90 Å². The number of oxazole rings is 1. The Morgan fingerprint density at radius 2 is 1.82 bits per heavy atom. The van der Waals surface area contributed by atoms with Crippen LogP contribution >= 0.6 is 0 Å². The first-order valence-corrected chi connectivity index (χ1v) is 8.94. The van der Waals surface area contributed by atoms with Gasteiger partial charge in [-0.2, -0.15) is 4.98 Å². The third-order valence-corrected chi connectivity index (χ3v) is 4.64. The molecule has 2 heterocycles. The predicted octanol–water partition coefficient (Wildman–Crippen LogP) is 2.98. The molecule has 0 bridgehead atoms. The highest BCUT2D eigenvalue weighted by Crippen LogP contribution is 2.24. The van der Waals surface area contributed by atoms with Crippen LogP contribution in [0.15, 0.2) is 52.9 Å². The molecular formula is C20H19N3O5. The number of hydrogen-bond donors (Lipinski definition) is 1. The second-order valence-corrected chi connectivity index (χ2v) is 6.50. The fourth-order valence-corrected chi connectivity index (χ4v) is 3.07. The number of piperazine rings is 1. The number of anilines is 1. The van der Waals surface area contributed by atoms with Crippen molar-refractivity contribution < 1.29 is 23.8 Å². The van der Waals surface area contributed by atoms with Crippen molar-refractivity contribution in [3.63, 3.8) is 0 Å². The summed E-state index contributed by atoms with van der Waals surface area (Å²) in [6.45, 7) is 2.34. The number of rotatable bonds is 4. The molecule has 2 aromatic carbocycles. The summed E-state index contributed by atoms with van der Waals surface area (Å²) >= 11 is 0. The van der Waals surface area contributed by atoms with Gasteiger partial charge in [0.2, 0.25) is 0 Å². The summed E-state index contributed by atoms with van der Waals surface area (Å²) in [5.41, 5.74) is 2.14. The largest absolute Gasteiger partial charge is 0.478 e. The van der Waals surface area contributed by atoms with Gasteiger partial charge in [0.1, 0.15) is 12.1 Å². The number of carboxylic acid groups (broad SMARTS) is 1. The first-order valence-electron chi connectivity index (χ1n) is 8.94. The molecule has 1 N–H and O–H groups in total. The number of benzene rings is 2. The van der Waals surface area contributed by atoms with E-state index in [2.05, 4.69) is 4.98 Å². The zero-order valence-electron chi connectivity index (χ0n) is 15.1. The van der Waals surface area contributed by atoms with Crippen molar-refractivity contribution in [3.8, 4) is 0 Å². The zero-order chi connectivity index (χ0) is 19.5. The third-order valence-electron chi connectivity index (χ3n) is 4.64. The summed E-state index contributed by atoms with van der Waals surface area (Å²) in [5, 5.41) is 9.08. The van der Waals surface area contributed by atoms with Crippen molar-refractivity contribution in [3.05, 3.63) is 59.7 Å². The number of fused-ring (bicyclic) bond motifs is 1. The number of nitrogens with zero attached hydrogens (tertiary/aromatic N) is 3. The summed E-state index contributed by atoms with van der Waals surface area (Å²) < 4.78 is 11.1. The smallest absolute Gasteiger partial charge is 0.410 e. The lowest BCUT2D eigenvalue weighted by Crippen LogP contribution is -2.49. The molecule has 4 rings (SSSR count). The molecule has 1 aliphatic rings. The van der Waals surface area contributed by atoms with Crippen molar-refractivity contribution in [1.82, 2.24) is 9.88 Å². The van der Waals surface area contributed by atoms with Crippen LogP contribution in [0.25, 0.3) is 11.1 Å². The molecule has 144 valence electrons. The number of aromatic nitrogens is 1. The average molecular weight is 381 g/mol. The zero-order valence-corrected chi connectivity index (χ0v) is 15.1. The van der Waals surface area contributed by atoms with E-state index in [4.69, 9.17) is 14.3 Å². The lowest BCUT2D eigenvalue weighted by Gasteiger charge is -2.33. The average Bonchev–Trinajstić information content (AvgIpc) is 3.16. The van der Waals surface area contributed by atoms with Gasteiger partial charge in [0.15, 0.2) is 5.58 Å². The lowest BCUT2D eigenvalue weighted by atomic mass is 10.2. The van der Waals surface area contributed by atoms with Crippen LogP contribution in [-0.2, 0) is 11.3 Å². The predicted molar refractivity (Wildman–Crippen MR) is 101 cm³/mol. The summed E-state index contributed by atoms with van der Waals surface area (Å²) in [6, 6.07) is 14.6. The van der Waals surface area contributed by atoms with Crippen molar-refractivity contribution >= 4 is 29.2 Å². The highest BCUT2D eigenvalue weighted by molar-refractivity contribution is 5.92. The maximum atomic E-state index is 12.2. The minimum absolute atomic E-state index is 0.165. The molecule has 8 heteroatoms. The highest BCUT2D eigenvalue weighted by Gasteiger charge is 2.25. The molecule has 0 saturated carbocycles. The standard InChI is InChI=1S/C20H19N3O5/c24-18(25)15-6-7-17-16(12-15)21-19(28-17)22-8-10-23(11-9-22)20(26)27-13-14-4-2-1-3-5-14/h1-7,12H,8-11,13H2,(H,24,25). The van der Waals surface area contributed by atoms with E-state index in [1.54, 1.807) is 11.0 Å². The lowest BCUT2D eigenvalue weighted by molar-refractivity contribution is 0.0696. The molecule has 0 aliphatic carbocycles. The number of carbonyl (C=O) groups excluding carboxylic acids is 1. The number of amides is 1. The number of carbonyl (C=O) groups is 2. The molecule has 28 heavy (non-hydrogen) atoms. The summed E-state index contributed by atoms with van der Waals surface area (Å²) in [7, 11) is 0. The van der Waals surface area contributed by atoms with E-state index in [1.807, 2.05) is 35.2 Å². The molecule has 3 aromatic rings. The molecule has 8 nitrogen and oxygen atoms in total. The maximum absolute atomic E-state index is 12.2. The van der Waals surface area contributed by atoms with Crippen LogP contribution in [0.2, 0.25) is 0 Å². The van der Waals surface area contributed by atoms with Gasteiger partial charge in [-0.05, 0) is 23.8 Å². The van der Waals surface area contributed by atoms with Crippen LogP contribution in [0, 0.1) is 0 Å². The van der Waals surface area contributed by atoms with E-state index in [-0.39, 0.29) is 18.3 Å². The van der Waals surface area contributed by atoms with E-state index in [9.17, 15) is 9.59 Å². The molecule has 0 radical (unpaired) electrons. The Morgan fingerprint density at radius 3 is 2.54 bits per heavy atom. The fraction of sp³-hybridized carbons (Fsp3) is 0.250. The first-order chi connectivity index (χ1) is 13.6. The van der Waals surface area contributed by atoms with E-state index in [0.717, 1.165) is 5.56 Å². The van der Waals surface area contributed by atoms with Gasteiger partial charge in [-0.15, -0.1) is 0 Å². The van der Waals surface area contributed by atoms with Crippen LogP contribution in [0.1, 0.15) is 15.9 Å². The molecule has 1 fully saturated rings. The number of hydrogen-bond acceptors (Lipinski definition) is 6. The van der Waals surface area contributed by atoms with Crippen molar-refractivity contribution in [2.45, 2.75) is 6.61 Å². The Bertz CT molecular complexity index is 994. The minimum Gasteiger partial charge on any atom is -0.478 e. The van der Waals surface area contributed by atoms with Gasteiger partial charge in [0, 0.05) is 26.2 Å². The Kier molecular flexibility index (Phi) is 4.84. The molecule has 0 unspecified atom stereocenters. The van der Waals surface area contributed by atoms with Gasteiger partial charge in [-0.25, -0.2) is 9.59 Å². The van der Waals surface area contributed by atoms with E-state index < -0.39 is 5.97 Å². The molecule has 0 spiro atoms. The fourth-order valence-electron chi connectivity index (χ4n) is 3.07. The molecular weight excluding hydrogens is 362 g/mol. The summed E-state index contributed by atoms with van der Waals surface area (Å²) in [5.74, 6) is -1.01. The SMILES string of the molecule is O=C(O)c1ccc2oc(N3CCN(C(=O)OCc4ccccc4)CC3)nc2c1. The van der Waals surface area contributed by atoms with E-state index >= 15 is 0 Å². The van der Waals surface area contributed by atoms with Gasteiger partial charge in [-0.3, -0.25) is 0 Å². The first kappa shape index (κ1) is 17.8. The molecule has 1 saturated heterocycles. The Labute approximate surface area is 160 Å². The Balaban J connectivity index is 1.35. The van der Waals surface area contributed by atoms with Crippen LogP contribution in [0.3, 0.4) is 0 Å². The molecule has 0 atom stereocenters. The Hall–Kier alpha value is -3.55. The normalized spacial score (nSPS) is 14.3. The van der Waals surface area contributed by atoms with E-state index in [1.165, 1.54) is 12.1 Å². The highest BCUT2D eigenvalue weighted by atomic mass is 16.6. The number of ether oxygens (including phenoxy) is 1. The topological polar surface area (TPSA) is 96.1 Å². The molecule has 1 amide bonds. The molecule has 1 aromatic heterocycles. The quantitative estimate of drug-likeness (QED) is 0.742. The van der Waals surface area contributed by atoms with E-state index in [0.29, 0.717) is 43.3 Å². The van der Waals surface area contributed by atoms with Gasteiger partial charge < -0.3 is 24.1 Å². The number of carboxylic acids is 1. The van der Waals surface area contributed by atoms with Gasteiger partial charge in [0.25, 0.3) is 6.01 Å². The van der Waals surface area contributed by atoms with Gasteiger partial charge in [0.05, 0.1) is 5.56 Å². The minimum atomic E-state index is -1.01. The monoisotopic (exact) mass is 381 g/mol. The second-order valence-electron chi connectivity index (χ2n) is 6.50. The van der Waals surface area contributed by atoms with Crippen LogP contribution in [0.4, 0.5) is 10.8 Å². The Morgan fingerprint density at radius 1 is 1.07 bits per heavy atom. The maximum Gasteiger partial charge on any atom is 0.410 e.